The largest absolute Gasteiger partial charge is 0.400 e. The number of aliphatic hydroxyl groups is 1. The van der Waals surface area contributed by atoms with E-state index in [4.69, 9.17) is 10.8 Å². The lowest BCUT2D eigenvalue weighted by Crippen LogP contribution is -2.43. The Kier molecular flexibility index (Phi) is 7.17. The van der Waals surface area contributed by atoms with Gasteiger partial charge in [0.15, 0.2) is 0 Å². The summed E-state index contributed by atoms with van der Waals surface area (Å²) in [5, 5.41) is 7.00. The number of aliphatic hydroxyl groups excluding tert-OH is 1. The fourth-order valence-electron chi connectivity index (χ4n) is 3.77. The van der Waals surface area contributed by atoms with Crippen LogP contribution in [0.5, 0.6) is 0 Å². The predicted molar refractivity (Wildman–Crippen MR) is 110 cm³/mol. The Labute approximate surface area is 172 Å². The highest BCUT2D eigenvalue weighted by Gasteiger charge is 2.36. The molecule has 0 amide bonds. The van der Waals surface area contributed by atoms with E-state index in [9.17, 15) is 13.2 Å². The van der Waals surface area contributed by atoms with Gasteiger partial charge in [-0.05, 0) is 62.1 Å². The molecule has 0 aliphatic carbocycles. The summed E-state index contributed by atoms with van der Waals surface area (Å²) in [7, 11) is 1.00. The van der Waals surface area contributed by atoms with E-state index in [1.165, 1.54) is 26.0 Å². The van der Waals surface area contributed by atoms with Crippen molar-refractivity contribution < 1.29 is 18.3 Å². The average molecular weight is 459 g/mol. The number of hydrogen-bond donors (Lipinski definition) is 2. The maximum Gasteiger partial charge on any atom is 0.132 e. The van der Waals surface area contributed by atoms with Crippen LogP contribution in [0, 0.1) is 18.6 Å². The van der Waals surface area contributed by atoms with Gasteiger partial charge >= 0.3 is 0 Å². The van der Waals surface area contributed by atoms with E-state index in [0.29, 0.717) is 23.1 Å². The molecule has 7 heteroatoms. The minimum absolute atomic E-state index is 0.0532. The molecule has 2 aromatic carbocycles. The molecule has 28 heavy (non-hydrogen) atoms. The molecular weight excluding hydrogens is 433 g/mol. The van der Waals surface area contributed by atoms with Crippen LogP contribution in [-0.2, 0) is 6.42 Å². The Hall–Kier alpha value is -1.57. The van der Waals surface area contributed by atoms with Gasteiger partial charge in [0.2, 0.25) is 0 Å². The molecule has 1 aliphatic rings. The van der Waals surface area contributed by atoms with Crippen LogP contribution in [0.3, 0.4) is 0 Å². The van der Waals surface area contributed by atoms with Crippen molar-refractivity contribution in [3.63, 3.8) is 0 Å². The van der Waals surface area contributed by atoms with E-state index in [2.05, 4.69) is 15.9 Å². The number of hydrogen-bond acceptors (Lipinski definition) is 3. The third-order valence-corrected chi connectivity index (χ3v) is 5.34. The first-order valence-electron chi connectivity index (χ1n) is 8.98. The molecule has 154 valence electrons. The first kappa shape index (κ1) is 22.7. The van der Waals surface area contributed by atoms with Gasteiger partial charge in [-0.3, -0.25) is 4.90 Å². The van der Waals surface area contributed by atoms with Crippen molar-refractivity contribution in [2.24, 2.45) is 0 Å². The number of alkyl halides is 1. The molecule has 0 saturated carbocycles. The summed E-state index contributed by atoms with van der Waals surface area (Å²) in [6.45, 7) is 5.44. The number of nitrogens with zero attached hydrogens (tertiary/aromatic N) is 1. The zero-order valence-electron chi connectivity index (χ0n) is 16.5. The minimum atomic E-state index is -1.49. The summed E-state index contributed by atoms with van der Waals surface area (Å²) in [6.07, 6.45) is 0.665. The van der Waals surface area contributed by atoms with Crippen LogP contribution in [0.1, 0.15) is 42.1 Å². The highest BCUT2D eigenvalue weighted by atomic mass is 79.9. The van der Waals surface area contributed by atoms with Crippen LogP contribution in [0.15, 0.2) is 28.7 Å². The molecule has 0 spiro atoms. The molecule has 3 nitrogen and oxygen atoms in total. The average Bonchev–Trinajstić information content (AvgIpc) is 2.59. The van der Waals surface area contributed by atoms with Crippen molar-refractivity contribution in [1.82, 2.24) is 4.90 Å². The van der Waals surface area contributed by atoms with Crippen LogP contribution >= 0.6 is 15.9 Å². The summed E-state index contributed by atoms with van der Waals surface area (Å²) < 4.78 is 44.2. The fraction of sp³-hybridized carbons (Fsp3) is 0.429. The van der Waals surface area contributed by atoms with Crippen LogP contribution in [0.4, 0.5) is 18.9 Å². The van der Waals surface area contributed by atoms with Gasteiger partial charge in [-0.25, -0.2) is 13.2 Å². The van der Waals surface area contributed by atoms with E-state index in [0.717, 1.165) is 23.8 Å². The van der Waals surface area contributed by atoms with Crippen molar-refractivity contribution in [1.29, 1.82) is 0 Å². The van der Waals surface area contributed by atoms with E-state index >= 15 is 0 Å². The molecule has 3 rings (SSSR count). The molecule has 1 unspecified atom stereocenters. The number of nitrogens with two attached hydrogens (primary N) is 1. The maximum atomic E-state index is 14.8. The van der Waals surface area contributed by atoms with Gasteiger partial charge in [-0.1, -0.05) is 22.0 Å². The Balaban J connectivity index is 0.00000136. The summed E-state index contributed by atoms with van der Waals surface area (Å²) in [4.78, 5) is 1.81. The standard InChI is InChI=1S/C20H22BrF3N2.CH4O/c1-11-13-6-7-26(10-20(2,3)24)19(14(13)4-5-17(11)25)18-15(22)8-12(21)9-16(18)23;1-2/h4-5,8-9,19H,6-7,10,25H2,1-3H3;2H,1H3. The van der Waals surface area contributed by atoms with E-state index in [1.807, 2.05) is 11.8 Å². The zero-order valence-corrected chi connectivity index (χ0v) is 18.1. The number of rotatable bonds is 3. The second-order valence-electron chi connectivity index (χ2n) is 7.47. The van der Waals surface area contributed by atoms with Crippen molar-refractivity contribution >= 4 is 21.6 Å². The van der Waals surface area contributed by atoms with Crippen molar-refractivity contribution in [3.05, 3.63) is 62.6 Å². The zero-order chi connectivity index (χ0) is 21.2. The first-order chi connectivity index (χ1) is 13.1. The minimum Gasteiger partial charge on any atom is -0.400 e. The molecule has 3 N–H and O–H groups in total. The van der Waals surface area contributed by atoms with Gasteiger partial charge in [0.1, 0.15) is 17.3 Å². The molecule has 0 aromatic heterocycles. The van der Waals surface area contributed by atoms with Gasteiger partial charge in [-0.15, -0.1) is 0 Å². The second-order valence-corrected chi connectivity index (χ2v) is 8.39. The van der Waals surface area contributed by atoms with Crippen LogP contribution in [0.25, 0.3) is 0 Å². The van der Waals surface area contributed by atoms with Gasteiger partial charge in [0.05, 0.1) is 6.04 Å². The lowest BCUT2D eigenvalue weighted by molar-refractivity contribution is 0.0972. The molecule has 2 aromatic rings. The van der Waals surface area contributed by atoms with Gasteiger partial charge in [-0.2, -0.15) is 0 Å². The summed E-state index contributed by atoms with van der Waals surface area (Å²) >= 11 is 3.12. The number of nitrogen functional groups attached to an aromatic ring is 1. The van der Waals surface area contributed by atoms with E-state index < -0.39 is 23.3 Å². The van der Waals surface area contributed by atoms with Crippen molar-refractivity contribution in [2.45, 2.75) is 38.9 Å². The summed E-state index contributed by atoms with van der Waals surface area (Å²) in [5.74, 6) is -1.29. The van der Waals surface area contributed by atoms with Crippen molar-refractivity contribution in [3.8, 4) is 0 Å². The smallest absolute Gasteiger partial charge is 0.132 e. The highest BCUT2D eigenvalue weighted by Crippen LogP contribution is 2.41. The molecule has 1 heterocycles. The Morgan fingerprint density at radius 3 is 2.32 bits per heavy atom. The quantitative estimate of drug-likeness (QED) is 0.641. The molecule has 0 bridgehead atoms. The van der Waals surface area contributed by atoms with Gasteiger partial charge < -0.3 is 10.8 Å². The molecule has 0 radical (unpaired) electrons. The predicted octanol–water partition coefficient (Wildman–Crippen LogP) is 4.92. The van der Waals surface area contributed by atoms with Crippen LogP contribution in [0.2, 0.25) is 0 Å². The number of halogens is 4. The van der Waals surface area contributed by atoms with Crippen LogP contribution in [-0.4, -0.2) is 35.9 Å². The monoisotopic (exact) mass is 458 g/mol. The molecular formula is C21H26BrF3N2O. The Morgan fingerprint density at radius 2 is 1.79 bits per heavy atom. The topological polar surface area (TPSA) is 49.5 Å². The number of benzene rings is 2. The number of anilines is 1. The summed E-state index contributed by atoms with van der Waals surface area (Å²) in [6, 6.07) is 5.35. The lowest BCUT2D eigenvalue weighted by Gasteiger charge is -2.40. The van der Waals surface area contributed by atoms with Gasteiger partial charge in [0.25, 0.3) is 0 Å². The Morgan fingerprint density at radius 1 is 1.21 bits per heavy atom. The first-order valence-corrected chi connectivity index (χ1v) is 9.78. The van der Waals surface area contributed by atoms with E-state index in [-0.39, 0.29) is 12.1 Å². The third kappa shape index (κ3) is 4.70. The molecule has 0 fully saturated rings. The summed E-state index contributed by atoms with van der Waals surface area (Å²) in [5.41, 5.74) is 7.83. The molecule has 1 aliphatic heterocycles. The van der Waals surface area contributed by atoms with Crippen LogP contribution < -0.4 is 5.73 Å². The molecule has 0 saturated heterocycles. The van der Waals surface area contributed by atoms with Crippen molar-refractivity contribution in [2.75, 3.05) is 25.9 Å². The number of fused-ring (bicyclic) bond motifs is 1. The fourth-order valence-corrected chi connectivity index (χ4v) is 4.17. The molecule has 1 atom stereocenters. The van der Waals surface area contributed by atoms with Gasteiger partial charge in [0, 0.05) is 35.9 Å². The maximum absolute atomic E-state index is 14.8. The van der Waals surface area contributed by atoms with E-state index in [1.54, 1.807) is 12.1 Å². The SMILES string of the molecule is CO.Cc1c(N)ccc2c1CCN(CC(C)(C)F)C2c1c(F)cc(Br)cc1F. The third-order valence-electron chi connectivity index (χ3n) is 4.88. The second kappa shape index (κ2) is 8.84. The Bertz CT molecular complexity index is 829. The highest BCUT2D eigenvalue weighted by molar-refractivity contribution is 9.10. The normalized spacial score (nSPS) is 17.0. The lowest BCUT2D eigenvalue weighted by atomic mass is 9.84.